The molecule has 0 aliphatic carbocycles. The summed E-state index contributed by atoms with van der Waals surface area (Å²) in [6.45, 7) is 1.37. The van der Waals surface area contributed by atoms with Crippen molar-refractivity contribution in [3.05, 3.63) is 24.3 Å². The summed E-state index contributed by atoms with van der Waals surface area (Å²) in [6, 6.07) is 4.64. The van der Waals surface area contributed by atoms with Gasteiger partial charge in [-0.2, -0.15) is 13.2 Å². The number of aliphatic hydroxyl groups is 1. The molecule has 1 aliphatic rings. The highest BCUT2D eigenvalue weighted by Crippen LogP contribution is 2.32. The summed E-state index contributed by atoms with van der Waals surface area (Å²) in [6.07, 6.45) is 0.805. The first-order chi connectivity index (χ1) is 9.25. The molecule has 0 amide bonds. The molecule has 8 heteroatoms. The lowest BCUT2D eigenvalue weighted by Crippen LogP contribution is -2.24. The highest BCUT2D eigenvalue weighted by molar-refractivity contribution is 7.92. The normalized spacial score (nSPS) is 20.4. The molecule has 0 spiro atoms. The van der Waals surface area contributed by atoms with E-state index < -0.39 is 20.2 Å². The smallest absolute Gasteiger partial charge is 0.396 e. The van der Waals surface area contributed by atoms with Crippen LogP contribution in [-0.4, -0.2) is 38.7 Å². The zero-order chi connectivity index (χ0) is 15.0. The molecular weight excluding hydrogens is 295 g/mol. The van der Waals surface area contributed by atoms with Crippen LogP contribution in [0.15, 0.2) is 29.2 Å². The van der Waals surface area contributed by atoms with Gasteiger partial charge in [0.05, 0.1) is 4.90 Å². The van der Waals surface area contributed by atoms with Gasteiger partial charge in [-0.25, -0.2) is 8.42 Å². The van der Waals surface area contributed by atoms with Crippen molar-refractivity contribution in [1.82, 2.24) is 0 Å². The van der Waals surface area contributed by atoms with Gasteiger partial charge in [-0.05, 0) is 30.7 Å². The second-order valence-corrected chi connectivity index (χ2v) is 6.67. The molecule has 1 heterocycles. The van der Waals surface area contributed by atoms with Gasteiger partial charge in [-0.3, -0.25) is 0 Å². The molecule has 0 radical (unpaired) electrons. The Morgan fingerprint density at radius 1 is 1.25 bits per heavy atom. The zero-order valence-electron chi connectivity index (χ0n) is 10.5. The maximum Gasteiger partial charge on any atom is 0.501 e. The fourth-order valence-corrected chi connectivity index (χ4v) is 2.95. The van der Waals surface area contributed by atoms with Gasteiger partial charge >= 0.3 is 5.51 Å². The third-order valence-corrected chi connectivity index (χ3v) is 4.86. The van der Waals surface area contributed by atoms with Crippen LogP contribution in [0.25, 0.3) is 0 Å². The first kappa shape index (κ1) is 15.1. The Bertz CT molecular complexity index is 569. The van der Waals surface area contributed by atoms with Gasteiger partial charge in [0.1, 0.15) is 0 Å². The monoisotopic (exact) mass is 309 g/mol. The van der Waals surface area contributed by atoms with Crippen molar-refractivity contribution in [2.45, 2.75) is 16.8 Å². The van der Waals surface area contributed by atoms with Crippen molar-refractivity contribution in [3.8, 4) is 0 Å². The minimum atomic E-state index is -5.29. The molecule has 20 heavy (non-hydrogen) atoms. The van der Waals surface area contributed by atoms with E-state index >= 15 is 0 Å². The Balaban J connectivity index is 2.20. The second kappa shape index (κ2) is 5.25. The number of halogens is 3. The van der Waals surface area contributed by atoms with Crippen LogP contribution in [-0.2, 0) is 9.84 Å². The number of nitrogens with zero attached hydrogens (tertiary/aromatic N) is 1. The molecule has 0 bridgehead atoms. The fraction of sp³-hybridized carbons (Fsp3) is 0.500. The first-order valence-electron chi connectivity index (χ1n) is 6.03. The minimum Gasteiger partial charge on any atom is -0.396 e. The van der Waals surface area contributed by atoms with Crippen LogP contribution in [0.1, 0.15) is 6.42 Å². The van der Waals surface area contributed by atoms with Crippen molar-refractivity contribution < 1.29 is 26.7 Å². The van der Waals surface area contributed by atoms with E-state index in [-0.39, 0.29) is 12.5 Å². The molecule has 1 saturated heterocycles. The molecule has 4 nitrogen and oxygen atoms in total. The fourth-order valence-electron chi connectivity index (χ4n) is 2.19. The van der Waals surface area contributed by atoms with Crippen LogP contribution in [0.5, 0.6) is 0 Å². The van der Waals surface area contributed by atoms with E-state index in [2.05, 4.69) is 0 Å². The number of hydrogen-bond acceptors (Lipinski definition) is 4. The Hall–Kier alpha value is -1.28. The molecular formula is C12H14F3NO3S. The molecule has 1 fully saturated rings. The third-order valence-electron chi connectivity index (χ3n) is 3.36. The molecule has 0 saturated carbocycles. The van der Waals surface area contributed by atoms with Crippen LogP contribution in [0.3, 0.4) is 0 Å². The zero-order valence-corrected chi connectivity index (χ0v) is 11.3. The summed E-state index contributed by atoms with van der Waals surface area (Å²) in [4.78, 5) is 1.15. The molecule has 2 rings (SSSR count). The lowest BCUT2D eigenvalue weighted by Gasteiger charge is -2.18. The van der Waals surface area contributed by atoms with Gasteiger partial charge in [0.25, 0.3) is 9.84 Å². The highest BCUT2D eigenvalue weighted by atomic mass is 32.2. The number of hydrogen-bond donors (Lipinski definition) is 1. The number of alkyl halides is 3. The molecule has 1 aromatic rings. The standard InChI is InChI=1S/C12H14F3NO3S/c13-12(14,15)20(18,19)11-3-1-10(2-4-11)16-6-5-9(7-16)8-17/h1-4,9,17H,5-8H2. The largest absolute Gasteiger partial charge is 0.501 e. The quantitative estimate of drug-likeness (QED) is 0.925. The summed E-state index contributed by atoms with van der Waals surface area (Å²) in [7, 11) is -5.29. The van der Waals surface area contributed by atoms with Crippen LogP contribution >= 0.6 is 0 Å². The predicted molar refractivity (Wildman–Crippen MR) is 67.1 cm³/mol. The van der Waals surface area contributed by atoms with Crippen molar-refractivity contribution in [2.75, 3.05) is 24.6 Å². The van der Waals surface area contributed by atoms with E-state index in [0.717, 1.165) is 18.6 Å². The van der Waals surface area contributed by atoms with E-state index in [1.54, 1.807) is 0 Å². The van der Waals surface area contributed by atoms with Gasteiger partial charge < -0.3 is 10.0 Å². The maximum absolute atomic E-state index is 12.4. The van der Waals surface area contributed by atoms with E-state index in [1.165, 1.54) is 12.1 Å². The minimum absolute atomic E-state index is 0.0665. The lowest BCUT2D eigenvalue weighted by atomic mass is 10.1. The van der Waals surface area contributed by atoms with E-state index in [9.17, 15) is 21.6 Å². The van der Waals surface area contributed by atoms with Crippen LogP contribution in [0, 0.1) is 5.92 Å². The molecule has 1 aromatic carbocycles. The molecule has 0 aromatic heterocycles. The topological polar surface area (TPSA) is 57.6 Å². The van der Waals surface area contributed by atoms with Crippen LogP contribution < -0.4 is 4.90 Å². The number of aliphatic hydroxyl groups excluding tert-OH is 1. The molecule has 1 N–H and O–H groups in total. The van der Waals surface area contributed by atoms with E-state index in [4.69, 9.17) is 5.11 Å². The average Bonchev–Trinajstić information content (AvgIpc) is 2.86. The Labute approximate surface area is 114 Å². The summed E-state index contributed by atoms with van der Waals surface area (Å²) in [5, 5.41) is 9.04. The first-order valence-corrected chi connectivity index (χ1v) is 7.51. The van der Waals surface area contributed by atoms with Crippen molar-refractivity contribution >= 4 is 15.5 Å². The van der Waals surface area contributed by atoms with E-state index in [0.29, 0.717) is 18.8 Å². The number of rotatable bonds is 3. The van der Waals surface area contributed by atoms with Gasteiger partial charge in [-0.1, -0.05) is 0 Å². The lowest BCUT2D eigenvalue weighted by molar-refractivity contribution is -0.0436. The molecule has 1 aliphatic heterocycles. The number of benzene rings is 1. The summed E-state index contributed by atoms with van der Waals surface area (Å²) < 4.78 is 59.6. The number of sulfone groups is 1. The van der Waals surface area contributed by atoms with Gasteiger partial charge in [0.15, 0.2) is 0 Å². The SMILES string of the molecule is O=S(=O)(c1ccc(N2CCC(CO)C2)cc1)C(F)(F)F. The average molecular weight is 309 g/mol. The van der Waals surface area contributed by atoms with Crippen molar-refractivity contribution in [2.24, 2.45) is 5.92 Å². The Morgan fingerprint density at radius 3 is 2.30 bits per heavy atom. The van der Waals surface area contributed by atoms with Gasteiger partial charge in [-0.15, -0.1) is 0 Å². The van der Waals surface area contributed by atoms with Crippen molar-refractivity contribution in [3.63, 3.8) is 0 Å². The maximum atomic E-state index is 12.4. The molecule has 112 valence electrons. The highest BCUT2D eigenvalue weighted by Gasteiger charge is 2.46. The van der Waals surface area contributed by atoms with Crippen LogP contribution in [0.4, 0.5) is 18.9 Å². The summed E-state index contributed by atoms with van der Waals surface area (Å²) >= 11 is 0. The van der Waals surface area contributed by atoms with Gasteiger partial charge in [0, 0.05) is 31.3 Å². The van der Waals surface area contributed by atoms with Gasteiger partial charge in [0.2, 0.25) is 0 Å². The van der Waals surface area contributed by atoms with E-state index in [1.807, 2.05) is 4.90 Å². The number of anilines is 1. The predicted octanol–water partition coefficient (Wildman–Crippen LogP) is 1.80. The van der Waals surface area contributed by atoms with Crippen molar-refractivity contribution in [1.29, 1.82) is 0 Å². The molecule has 1 atom stereocenters. The summed E-state index contributed by atoms with van der Waals surface area (Å²) in [5.74, 6) is 0.147. The third kappa shape index (κ3) is 2.76. The summed E-state index contributed by atoms with van der Waals surface area (Å²) in [5.41, 5.74) is -4.63. The Kier molecular flexibility index (Phi) is 3.97. The second-order valence-electron chi connectivity index (χ2n) is 4.73. The molecule has 1 unspecified atom stereocenters. The Morgan fingerprint density at radius 2 is 1.85 bits per heavy atom. The van der Waals surface area contributed by atoms with Crippen LogP contribution in [0.2, 0.25) is 0 Å².